The van der Waals surface area contributed by atoms with Crippen molar-refractivity contribution in [3.8, 4) is 0 Å². The van der Waals surface area contributed by atoms with Crippen LogP contribution in [0.1, 0.15) is 18.1 Å². The summed E-state index contributed by atoms with van der Waals surface area (Å²) in [5.74, 6) is 0. The Hall–Kier alpha value is -1.96. The Balaban J connectivity index is 2.84. The molecule has 0 bridgehead atoms. The molecule has 3 N–H and O–H groups in total. The summed E-state index contributed by atoms with van der Waals surface area (Å²) in [6.07, 6.45) is 6.95. The van der Waals surface area contributed by atoms with Crippen LogP contribution in [0.25, 0.3) is 11.6 Å². The van der Waals surface area contributed by atoms with Gasteiger partial charge in [0.15, 0.2) is 0 Å². The van der Waals surface area contributed by atoms with Crippen LogP contribution in [0.2, 0.25) is 0 Å². The fraction of sp³-hybridized carbons (Fsp3) is 0.0769. The van der Waals surface area contributed by atoms with Crippen molar-refractivity contribution in [2.45, 2.75) is 6.92 Å². The maximum absolute atomic E-state index is 5.20. The van der Waals surface area contributed by atoms with E-state index in [1.54, 1.807) is 6.20 Å². The topological polar surface area (TPSA) is 38.0 Å². The van der Waals surface area contributed by atoms with Crippen LogP contribution in [-0.4, -0.2) is 0 Å². The van der Waals surface area contributed by atoms with E-state index in [4.69, 9.17) is 5.73 Å². The summed E-state index contributed by atoms with van der Waals surface area (Å²) in [4.78, 5) is 0. The van der Waals surface area contributed by atoms with E-state index < -0.39 is 0 Å². The first-order valence-corrected chi connectivity index (χ1v) is 4.80. The number of rotatable bonds is 4. The lowest BCUT2D eigenvalue weighted by Gasteiger charge is -2.04. The molecule has 0 unspecified atom stereocenters. The van der Waals surface area contributed by atoms with Crippen LogP contribution in [0.5, 0.6) is 0 Å². The Morgan fingerprint density at radius 1 is 1.33 bits per heavy atom. The van der Waals surface area contributed by atoms with Crippen LogP contribution in [-0.2, 0) is 0 Å². The molecule has 0 atom stereocenters. The summed E-state index contributed by atoms with van der Waals surface area (Å²) in [5, 5.41) is 2.93. The lowest BCUT2D eigenvalue weighted by molar-refractivity contribution is 1.19. The molecule has 0 aliphatic heterocycles. The summed E-state index contributed by atoms with van der Waals surface area (Å²) >= 11 is 0. The Kier molecular flexibility index (Phi) is 4.23. The number of hydrogen-bond donors (Lipinski definition) is 2. The van der Waals surface area contributed by atoms with Crippen LogP contribution >= 0.6 is 0 Å². The van der Waals surface area contributed by atoms with Gasteiger partial charge in [-0.3, -0.25) is 0 Å². The zero-order chi connectivity index (χ0) is 11.1. The molecule has 0 fully saturated rings. The number of benzene rings is 1. The Labute approximate surface area is 90.8 Å². The van der Waals surface area contributed by atoms with Gasteiger partial charge in [-0.15, -0.1) is 0 Å². The normalized spacial score (nSPS) is 11.0. The third kappa shape index (κ3) is 3.35. The van der Waals surface area contributed by atoms with Gasteiger partial charge in [0.05, 0.1) is 0 Å². The molecular formula is C13H16N2. The summed E-state index contributed by atoms with van der Waals surface area (Å²) < 4.78 is 0. The van der Waals surface area contributed by atoms with Crippen LogP contribution in [0, 0.1) is 0 Å². The molecule has 0 aliphatic rings. The second kappa shape index (κ2) is 5.70. The van der Waals surface area contributed by atoms with E-state index in [0.717, 1.165) is 16.7 Å². The van der Waals surface area contributed by atoms with E-state index in [0.29, 0.717) is 0 Å². The van der Waals surface area contributed by atoms with Crippen molar-refractivity contribution in [1.82, 2.24) is 5.32 Å². The van der Waals surface area contributed by atoms with Crippen LogP contribution in [0.15, 0.2) is 49.4 Å². The van der Waals surface area contributed by atoms with E-state index in [9.17, 15) is 0 Å². The van der Waals surface area contributed by atoms with Gasteiger partial charge in [0.1, 0.15) is 0 Å². The highest BCUT2D eigenvalue weighted by atomic mass is 14.8. The molecule has 1 aromatic carbocycles. The molecule has 78 valence electrons. The van der Waals surface area contributed by atoms with Gasteiger partial charge in [-0.2, -0.15) is 0 Å². The van der Waals surface area contributed by atoms with Crippen molar-refractivity contribution in [3.05, 3.63) is 60.6 Å². The third-order valence-corrected chi connectivity index (χ3v) is 1.97. The summed E-state index contributed by atoms with van der Waals surface area (Å²) in [6, 6.07) is 8.12. The molecule has 2 heteroatoms. The van der Waals surface area contributed by atoms with Gasteiger partial charge in [0.25, 0.3) is 0 Å². The zero-order valence-corrected chi connectivity index (χ0v) is 8.90. The summed E-state index contributed by atoms with van der Waals surface area (Å²) in [6.45, 7) is 5.94. The predicted octanol–water partition coefficient (Wildman–Crippen LogP) is 2.71. The molecule has 0 heterocycles. The highest BCUT2D eigenvalue weighted by Gasteiger charge is 1.97. The average Bonchev–Trinajstić information content (AvgIpc) is 2.25. The van der Waals surface area contributed by atoms with E-state index in [-0.39, 0.29) is 0 Å². The van der Waals surface area contributed by atoms with Crippen molar-refractivity contribution >= 4 is 11.6 Å². The van der Waals surface area contributed by atoms with E-state index in [2.05, 4.69) is 18.0 Å². The first-order valence-electron chi connectivity index (χ1n) is 4.80. The lowest BCUT2D eigenvalue weighted by Crippen LogP contribution is -1.94. The van der Waals surface area contributed by atoms with Gasteiger partial charge < -0.3 is 11.1 Å². The van der Waals surface area contributed by atoms with E-state index >= 15 is 0 Å². The summed E-state index contributed by atoms with van der Waals surface area (Å²) in [7, 11) is 0. The molecule has 0 amide bonds. The minimum Gasteiger partial charge on any atom is -0.403 e. The third-order valence-electron chi connectivity index (χ3n) is 1.97. The van der Waals surface area contributed by atoms with Crippen LogP contribution in [0.4, 0.5) is 0 Å². The predicted molar refractivity (Wildman–Crippen MR) is 66.6 cm³/mol. The molecule has 0 saturated carbocycles. The first-order chi connectivity index (χ1) is 7.25. The maximum Gasteiger partial charge on any atom is 0.0162 e. The average molecular weight is 200 g/mol. The Morgan fingerprint density at radius 3 is 2.73 bits per heavy atom. The largest absolute Gasteiger partial charge is 0.403 e. The van der Waals surface area contributed by atoms with Gasteiger partial charge in [-0.25, -0.2) is 0 Å². The minimum atomic E-state index is 1.06. The maximum atomic E-state index is 5.20. The molecule has 0 saturated heterocycles. The van der Waals surface area contributed by atoms with Crippen LogP contribution < -0.4 is 11.1 Å². The smallest absolute Gasteiger partial charge is 0.0162 e. The standard InChI is InChI=1S/C13H16N2/c1-11(2)13-6-4-3-5-12(13)7-9-15-10-8-14/h3-10,15H,1,14H2,2H3/b9-7-,10-8-. The SMILES string of the molecule is C=C(C)c1ccccc1/C=C\N/C=C\N. The zero-order valence-electron chi connectivity index (χ0n) is 8.90. The molecule has 2 nitrogen and oxygen atoms in total. The van der Waals surface area contributed by atoms with Crippen molar-refractivity contribution in [1.29, 1.82) is 0 Å². The molecule has 0 aliphatic carbocycles. The Morgan fingerprint density at radius 2 is 2.07 bits per heavy atom. The van der Waals surface area contributed by atoms with Gasteiger partial charge in [-0.05, 0) is 24.1 Å². The molecule has 0 radical (unpaired) electrons. The number of hydrogen-bond acceptors (Lipinski definition) is 2. The summed E-state index contributed by atoms with van der Waals surface area (Å²) in [5.41, 5.74) is 8.56. The first kappa shape index (κ1) is 11.1. The van der Waals surface area contributed by atoms with Gasteiger partial charge in [0.2, 0.25) is 0 Å². The number of nitrogens with two attached hydrogens (primary N) is 1. The van der Waals surface area contributed by atoms with Crippen LogP contribution in [0.3, 0.4) is 0 Å². The number of allylic oxidation sites excluding steroid dienone is 1. The second-order valence-corrected chi connectivity index (χ2v) is 3.23. The monoisotopic (exact) mass is 200 g/mol. The molecule has 1 aromatic rings. The lowest BCUT2D eigenvalue weighted by atomic mass is 10.0. The van der Waals surface area contributed by atoms with Crippen molar-refractivity contribution in [2.24, 2.45) is 5.73 Å². The van der Waals surface area contributed by atoms with Gasteiger partial charge in [-0.1, -0.05) is 36.4 Å². The Bertz CT molecular complexity index is 389. The highest BCUT2D eigenvalue weighted by molar-refractivity contribution is 5.71. The minimum absolute atomic E-state index is 1.06. The van der Waals surface area contributed by atoms with Gasteiger partial charge >= 0.3 is 0 Å². The number of nitrogens with one attached hydrogen (secondary N) is 1. The molecule has 15 heavy (non-hydrogen) atoms. The van der Waals surface area contributed by atoms with Crippen molar-refractivity contribution in [3.63, 3.8) is 0 Å². The molecule has 0 spiro atoms. The molecule has 0 aromatic heterocycles. The fourth-order valence-corrected chi connectivity index (χ4v) is 1.28. The van der Waals surface area contributed by atoms with E-state index in [1.807, 2.05) is 37.4 Å². The van der Waals surface area contributed by atoms with Crippen molar-refractivity contribution in [2.75, 3.05) is 0 Å². The van der Waals surface area contributed by atoms with Crippen molar-refractivity contribution < 1.29 is 0 Å². The quantitative estimate of drug-likeness (QED) is 0.784. The molecular weight excluding hydrogens is 184 g/mol. The highest BCUT2D eigenvalue weighted by Crippen LogP contribution is 2.17. The fourth-order valence-electron chi connectivity index (χ4n) is 1.28. The molecule has 1 rings (SSSR count). The second-order valence-electron chi connectivity index (χ2n) is 3.23. The van der Waals surface area contributed by atoms with E-state index in [1.165, 1.54) is 6.20 Å². The van der Waals surface area contributed by atoms with Gasteiger partial charge in [0, 0.05) is 18.6 Å².